The second-order valence-corrected chi connectivity index (χ2v) is 14.2. The summed E-state index contributed by atoms with van der Waals surface area (Å²) < 4.78 is 0. The highest BCUT2D eigenvalue weighted by Gasteiger charge is 2.71. The van der Waals surface area contributed by atoms with Gasteiger partial charge >= 0.3 is 0 Å². The molecule has 31 heavy (non-hydrogen) atoms. The number of allylic oxidation sites excluding steroid dienone is 2. The van der Waals surface area contributed by atoms with Gasteiger partial charge in [-0.1, -0.05) is 53.2 Å². The highest BCUT2D eigenvalue weighted by atomic mass is 16.3. The molecule has 4 saturated carbocycles. The number of aliphatic hydroxyl groups excluding tert-OH is 1. The Morgan fingerprint density at radius 3 is 2.19 bits per heavy atom. The van der Waals surface area contributed by atoms with Crippen molar-refractivity contribution in [2.24, 2.45) is 56.7 Å². The maximum Gasteiger partial charge on any atom is 0.0493 e. The fourth-order valence-corrected chi connectivity index (χ4v) is 11.7. The van der Waals surface area contributed by atoms with E-state index in [1.807, 2.05) is 0 Å². The lowest BCUT2D eigenvalue weighted by atomic mass is 9.31. The highest BCUT2D eigenvalue weighted by molar-refractivity contribution is 5.26. The van der Waals surface area contributed by atoms with Crippen LogP contribution in [0.25, 0.3) is 0 Å². The zero-order valence-electron chi connectivity index (χ0n) is 21.7. The Bertz CT molecular complexity index is 766. The fraction of sp³-hybridized carbons (Fsp3) is 0.933. The molecule has 5 rings (SSSR count). The molecule has 0 aliphatic heterocycles. The summed E-state index contributed by atoms with van der Waals surface area (Å²) in [5.41, 5.74) is 3.47. The van der Waals surface area contributed by atoms with Crippen molar-refractivity contribution in [3.8, 4) is 0 Å². The standard InChI is InChI=1S/C30H50O/c1-20(2)22-11-12-23-27(22,5)15-16-29(7)25-13-14-26(4)21(3)9-8-10-24(26)30(25,19-31)18-17-28(23,29)6/h9,20,22-25,31H,8,10-19H2,1-7H3/t22-,23?,24?,25?,26-,27-,28+,29-,30-/m1/s1. The second kappa shape index (κ2) is 6.86. The van der Waals surface area contributed by atoms with E-state index in [-0.39, 0.29) is 5.41 Å². The van der Waals surface area contributed by atoms with Crippen LogP contribution in [-0.2, 0) is 0 Å². The summed E-state index contributed by atoms with van der Waals surface area (Å²) in [7, 11) is 0. The van der Waals surface area contributed by atoms with Gasteiger partial charge in [-0.25, -0.2) is 0 Å². The molecule has 1 N–H and O–H groups in total. The van der Waals surface area contributed by atoms with Gasteiger partial charge in [-0.2, -0.15) is 0 Å². The van der Waals surface area contributed by atoms with E-state index in [9.17, 15) is 5.11 Å². The number of fused-ring (bicyclic) bond motifs is 7. The van der Waals surface area contributed by atoms with E-state index in [1.165, 1.54) is 64.2 Å². The summed E-state index contributed by atoms with van der Waals surface area (Å²) in [6, 6.07) is 0. The predicted molar refractivity (Wildman–Crippen MR) is 131 cm³/mol. The van der Waals surface area contributed by atoms with Crippen molar-refractivity contribution < 1.29 is 5.11 Å². The second-order valence-electron chi connectivity index (χ2n) is 14.2. The SMILES string of the molecule is CC1=CCCC2[C@]3(CO)CC[C@@]4(C)C5CC[C@H](C(C)C)[C@@]5(C)CC[C@]4(C)C3CC[C@]12C. The number of rotatable bonds is 2. The monoisotopic (exact) mass is 426 g/mol. The van der Waals surface area contributed by atoms with Crippen LogP contribution in [0.3, 0.4) is 0 Å². The number of hydrogen-bond acceptors (Lipinski definition) is 1. The van der Waals surface area contributed by atoms with Crippen LogP contribution in [0, 0.1) is 56.7 Å². The average molecular weight is 427 g/mol. The van der Waals surface area contributed by atoms with Crippen molar-refractivity contribution in [1.29, 1.82) is 0 Å². The van der Waals surface area contributed by atoms with Gasteiger partial charge in [-0.3, -0.25) is 0 Å². The van der Waals surface area contributed by atoms with Gasteiger partial charge in [0.25, 0.3) is 0 Å². The maximum absolute atomic E-state index is 11.1. The van der Waals surface area contributed by atoms with Gasteiger partial charge < -0.3 is 5.11 Å². The molecule has 0 radical (unpaired) electrons. The lowest BCUT2D eigenvalue weighted by Crippen LogP contribution is -2.67. The maximum atomic E-state index is 11.1. The summed E-state index contributed by atoms with van der Waals surface area (Å²) in [5.74, 6) is 3.98. The van der Waals surface area contributed by atoms with Crippen LogP contribution in [0.1, 0.15) is 113 Å². The number of aliphatic hydroxyl groups is 1. The first kappa shape index (κ1) is 22.5. The van der Waals surface area contributed by atoms with E-state index in [2.05, 4.69) is 54.5 Å². The minimum absolute atomic E-state index is 0.153. The summed E-state index contributed by atoms with van der Waals surface area (Å²) >= 11 is 0. The summed E-state index contributed by atoms with van der Waals surface area (Å²) in [5, 5.41) is 11.1. The molecule has 9 atom stereocenters. The van der Waals surface area contributed by atoms with Crippen molar-refractivity contribution in [3.63, 3.8) is 0 Å². The van der Waals surface area contributed by atoms with E-state index < -0.39 is 0 Å². The van der Waals surface area contributed by atoms with E-state index in [0.717, 1.165) is 17.8 Å². The first-order chi connectivity index (χ1) is 14.5. The highest BCUT2D eigenvalue weighted by Crippen LogP contribution is 2.78. The molecule has 0 bridgehead atoms. The molecule has 1 heteroatoms. The van der Waals surface area contributed by atoms with Gasteiger partial charge in [-0.05, 0) is 122 Å². The van der Waals surface area contributed by atoms with Gasteiger partial charge in [0, 0.05) is 12.0 Å². The number of hydrogen-bond donors (Lipinski definition) is 1. The van der Waals surface area contributed by atoms with Gasteiger partial charge in [0.1, 0.15) is 0 Å². The van der Waals surface area contributed by atoms with E-state index in [1.54, 1.807) is 5.57 Å². The van der Waals surface area contributed by atoms with Crippen LogP contribution >= 0.6 is 0 Å². The van der Waals surface area contributed by atoms with Crippen molar-refractivity contribution >= 4 is 0 Å². The van der Waals surface area contributed by atoms with E-state index in [4.69, 9.17) is 0 Å². The average Bonchev–Trinajstić information content (AvgIpc) is 3.09. The van der Waals surface area contributed by atoms with Crippen LogP contribution in [0.5, 0.6) is 0 Å². The van der Waals surface area contributed by atoms with Crippen LogP contribution < -0.4 is 0 Å². The Balaban J connectivity index is 1.56. The Labute approximate surface area is 192 Å². The topological polar surface area (TPSA) is 20.2 Å². The van der Waals surface area contributed by atoms with Crippen LogP contribution in [-0.4, -0.2) is 11.7 Å². The van der Waals surface area contributed by atoms with E-state index >= 15 is 0 Å². The largest absolute Gasteiger partial charge is 0.396 e. The molecule has 5 aliphatic rings. The van der Waals surface area contributed by atoms with Crippen molar-refractivity contribution in [1.82, 2.24) is 0 Å². The van der Waals surface area contributed by atoms with Gasteiger partial charge in [0.05, 0.1) is 0 Å². The molecule has 0 amide bonds. The van der Waals surface area contributed by atoms with Crippen LogP contribution in [0.15, 0.2) is 11.6 Å². The first-order valence-corrected chi connectivity index (χ1v) is 13.8. The summed E-state index contributed by atoms with van der Waals surface area (Å²) in [4.78, 5) is 0. The molecule has 3 unspecified atom stereocenters. The van der Waals surface area contributed by atoms with Crippen LogP contribution in [0.2, 0.25) is 0 Å². The van der Waals surface area contributed by atoms with Crippen molar-refractivity contribution in [3.05, 3.63) is 11.6 Å². The summed E-state index contributed by atoms with van der Waals surface area (Å²) in [6.07, 6.45) is 16.1. The van der Waals surface area contributed by atoms with E-state index in [0.29, 0.717) is 40.1 Å². The molecule has 4 fully saturated rings. The third kappa shape index (κ3) is 2.54. The molecule has 0 aromatic carbocycles. The third-order valence-electron chi connectivity index (χ3n) is 13.6. The Kier molecular flexibility index (Phi) is 4.98. The zero-order chi connectivity index (χ0) is 22.4. The molecule has 176 valence electrons. The minimum atomic E-state index is 0.153. The molecule has 5 aliphatic carbocycles. The predicted octanol–water partition coefficient (Wildman–Crippen LogP) is 8.03. The molecule has 0 heterocycles. The molecule has 0 spiro atoms. The molecule has 0 saturated heterocycles. The Morgan fingerprint density at radius 2 is 1.52 bits per heavy atom. The van der Waals surface area contributed by atoms with Crippen molar-refractivity contribution in [2.75, 3.05) is 6.61 Å². The Hall–Kier alpha value is -0.300. The Morgan fingerprint density at radius 1 is 0.839 bits per heavy atom. The molecular weight excluding hydrogens is 376 g/mol. The van der Waals surface area contributed by atoms with Crippen molar-refractivity contribution in [2.45, 2.75) is 113 Å². The lowest BCUT2D eigenvalue weighted by Gasteiger charge is -2.73. The molecule has 0 aromatic rings. The van der Waals surface area contributed by atoms with Crippen LogP contribution in [0.4, 0.5) is 0 Å². The molecule has 0 aromatic heterocycles. The smallest absolute Gasteiger partial charge is 0.0493 e. The normalized spacial score (nSPS) is 56.4. The minimum Gasteiger partial charge on any atom is -0.396 e. The van der Waals surface area contributed by atoms with Gasteiger partial charge in [0.15, 0.2) is 0 Å². The lowest BCUT2D eigenvalue weighted by molar-refractivity contribution is -0.249. The van der Waals surface area contributed by atoms with Gasteiger partial charge in [-0.15, -0.1) is 0 Å². The first-order valence-electron chi connectivity index (χ1n) is 13.8. The third-order valence-corrected chi connectivity index (χ3v) is 13.6. The fourth-order valence-electron chi connectivity index (χ4n) is 11.7. The molecule has 1 nitrogen and oxygen atoms in total. The summed E-state index contributed by atoms with van der Waals surface area (Å²) in [6.45, 7) is 18.4. The van der Waals surface area contributed by atoms with Gasteiger partial charge in [0.2, 0.25) is 0 Å². The quantitative estimate of drug-likeness (QED) is 0.443. The molecular formula is C30H50O. The zero-order valence-corrected chi connectivity index (χ0v) is 21.7.